The highest BCUT2D eigenvalue weighted by Crippen LogP contribution is 2.36. The van der Waals surface area contributed by atoms with Gasteiger partial charge >= 0.3 is 0 Å². The average molecular weight is 335 g/mol. The Balaban J connectivity index is 1.55. The quantitative estimate of drug-likeness (QED) is 0.883. The van der Waals surface area contributed by atoms with E-state index in [-0.39, 0.29) is 0 Å². The zero-order chi connectivity index (χ0) is 16.8. The number of aromatic nitrogens is 2. The molecule has 3 fully saturated rings. The molecule has 25 heavy (non-hydrogen) atoms. The molecule has 5 nitrogen and oxygen atoms in total. The zero-order valence-electron chi connectivity index (χ0n) is 14.5. The van der Waals surface area contributed by atoms with Crippen LogP contribution in [-0.4, -0.2) is 40.5 Å². The number of aryl methyl sites for hydroxylation is 1. The van der Waals surface area contributed by atoms with Crippen LogP contribution in [0.25, 0.3) is 11.3 Å². The molecule has 130 valence electrons. The van der Waals surface area contributed by atoms with E-state index in [0.717, 1.165) is 43.2 Å². The number of piperidine rings is 3. The highest BCUT2D eigenvalue weighted by Gasteiger charge is 2.35. The van der Waals surface area contributed by atoms with Crippen molar-refractivity contribution in [3.63, 3.8) is 0 Å². The number of fused-ring (bicyclic) bond motifs is 6. The highest BCUT2D eigenvalue weighted by atomic mass is 15.2. The van der Waals surface area contributed by atoms with Gasteiger partial charge in [0.2, 0.25) is 5.95 Å². The minimum atomic E-state index is 0.374. The van der Waals surface area contributed by atoms with E-state index < -0.39 is 0 Å². The van der Waals surface area contributed by atoms with E-state index in [0.29, 0.717) is 12.0 Å². The van der Waals surface area contributed by atoms with Crippen molar-refractivity contribution >= 4 is 11.8 Å². The summed E-state index contributed by atoms with van der Waals surface area (Å²) in [7, 11) is 0. The number of nitrogen functional groups attached to an aromatic ring is 1. The van der Waals surface area contributed by atoms with Crippen molar-refractivity contribution in [1.29, 1.82) is 0 Å². The number of nitrogens with one attached hydrogen (secondary N) is 1. The lowest BCUT2D eigenvalue weighted by Crippen LogP contribution is -2.53. The molecule has 1 aliphatic carbocycles. The predicted octanol–water partition coefficient (Wildman–Crippen LogP) is 2.72. The minimum absolute atomic E-state index is 0.374. The molecule has 0 unspecified atom stereocenters. The maximum atomic E-state index is 6.10. The van der Waals surface area contributed by atoms with E-state index >= 15 is 0 Å². The molecule has 6 rings (SSSR count). The van der Waals surface area contributed by atoms with Crippen LogP contribution in [0.4, 0.5) is 11.8 Å². The summed E-state index contributed by atoms with van der Waals surface area (Å²) >= 11 is 0. The lowest BCUT2D eigenvalue weighted by molar-refractivity contribution is 0.0973. The zero-order valence-corrected chi connectivity index (χ0v) is 14.5. The second kappa shape index (κ2) is 5.99. The molecule has 0 spiro atoms. The van der Waals surface area contributed by atoms with Gasteiger partial charge in [-0.25, -0.2) is 4.98 Å². The van der Waals surface area contributed by atoms with Crippen LogP contribution in [0.2, 0.25) is 0 Å². The number of rotatable bonds is 2. The smallest absolute Gasteiger partial charge is 0.222 e. The second-order valence-corrected chi connectivity index (χ2v) is 7.66. The van der Waals surface area contributed by atoms with Crippen molar-refractivity contribution in [2.75, 3.05) is 30.7 Å². The summed E-state index contributed by atoms with van der Waals surface area (Å²) in [6.07, 6.45) is 5.82. The van der Waals surface area contributed by atoms with Gasteiger partial charge in [0.05, 0.1) is 5.69 Å². The van der Waals surface area contributed by atoms with Crippen LogP contribution in [-0.2, 0) is 12.8 Å². The lowest BCUT2D eigenvalue weighted by Gasteiger charge is -2.45. The topological polar surface area (TPSA) is 67.1 Å². The van der Waals surface area contributed by atoms with Crippen molar-refractivity contribution < 1.29 is 0 Å². The molecular weight excluding hydrogens is 310 g/mol. The Morgan fingerprint density at radius 1 is 1.08 bits per heavy atom. The van der Waals surface area contributed by atoms with Crippen molar-refractivity contribution in [2.24, 2.45) is 5.92 Å². The van der Waals surface area contributed by atoms with E-state index in [1.165, 1.54) is 42.6 Å². The largest absolute Gasteiger partial charge is 0.368 e. The standard InChI is InChI=1S/C20H25N5/c21-20-23-18-15-6-2-1-4-13(15)5-3-7-16(18)19(24-20)22-17-12-25-10-8-14(17)9-11-25/h1-2,4,6,14,17H,3,5,7-12H2,(H3,21,22,23,24)/t17-/m1/s1. The van der Waals surface area contributed by atoms with Crippen LogP contribution in [0.15, 0.2) is 24.3 Å². The molecule has 0 radical (unpaired) electrons. The van der Waals surface area contributed by atoms with E-state index in [2.05, 4.69) is 44.5 Å². The van der Waals surface area contributed by atoms with Crippen molar-refractivity contribution in [3.05, 3.63) is 35.4 Å². The molecule has 3 N–H and O–H groups in total. The normalized spacial score (nSPS) is 27.3. The molecule has 2 bridgehead atoms. The summed E-state index contributed by atoms with van der Waals surface area (Å²) in [5.74, 6) is 2.10. The van der Waals surface area contributed by atoms with Gasteiger partial charge in [-0.3, -0.25) is 0 Å². The van der Waals surface area contributed by atoms with Gasteiger partial charge in [-0.1, -0.05) is 24.3 Å². The molecule has 3 saturated heterocycles. The van der Waals surface area contributed by atoms with Gasteiger partial charge in [-0.2, -0.15) is 4.98 Å². The van der Waals surface area contributed by atoms with Crippen molar-refractivity contribution in [1.82, 2.24) is 14.9 Å². The number of benzene rings is 1. The Morgan fingerprint density at radius 2 is 1.92 bits per heavy atom. The fourth-order valence-electron chi connectivity index (χ4n) is 4.81. The Bertz CT molecular complexity index is 795. The second-order valence-electron chi connectivity index (χ2n) is 7.66. The molecule has 1 aromatic carbocycles. The molecule has 0 saturated carbocycles. The molecule has 2 aromatic rings. The highest BCUT2D eigenvalue weighted by molar-refractivity contribution is 5.73. The SMILES string of the molecule is Nc1nc(N[C@@H]2CN3CCC2CC3)c2c(n1)-c1ccccc1CCC2. The van der Waals surface area contributed by atoms with Gasteiger partial charge in [-0.15, -0.1) is 0 Å². The molecule has 3 aliphatic heterocycles. The lowest BCUT2D eigenvalue weighted by atomic mass is 9.84. The third-order valence-electron chi connectivity index (χ3n) is 6.15. The number of nitrogens with two attached hydrogens (primary N) is 1. The maximum absolute atomic E-state index is 6.10. The van der Waals surface area contributed by atoms with Crippen LogP contribution in [0.3, 0.4) is 0 Å². The Hall–Kier alpha value is -2.14. The molecule has 4 heterocycles. The molecule has 1 aromatic heterocycles. The van der Waals surface area contributed by atoms with Crippen LogP contribution in [0.1, 0.15) is 30.4 Å². The molecule has 1 atom stereocenters. The first-order chi connectivity index (χ1) is 12.3. The van der Waals surface area contributed by atoms with Gasteiger partial charge in [0.25, 0.3) is 0 Å². The first kappa shape index (κ1) is 15.1. The third-order valence-corrected chi connectivity index (χ3v) is 6.15. The fraction of sp³-hybridized carbons (Fsp3) is 0.500. The Labute approximate surface area is 148 Å². The Kier molecular flexibility index (Phi) is 3.63. The summed E-state index contributed by atoms with van der Waals surface area (Å²) in [4.78, 5) is 11.8. The Morgan fingerprint density at radius 3 is 2.72 bits per heavy atom. The first-order valence-corrected chi connectivity index (χ1v) is 9.51. The summed E-state index contributed by atoms with van der Waals surface area (Å²) in [5, 5.41) is 3.77. The third kappa shape index (κ3) is 2.67. The predicted molar refractivity (Wildman–Crippen MR) is 100 cm³/mol. The molecule has 0 amide bonds. The number of hydrogen-bond acceptors (Lipinski definition) is 5. The number of anilines is 2. The van der Waals surface area contributed by atoms with Crippen LogP contribution < -0.4 is 11.1 Å². The summed E-state index contributed by atoms with van der Waals surface area (Å²) < 4.78 is 0. The molecule has 5 heteroatoms. The molecular formula is C20H25N5. The monoisotopic (exact) mass is 335 g/mol. The van der Waals surface area contributed by atoms with Crippen LogP contribution in [0.5, 0.6) is 0 Å². The summed E-state index contributed by atoms with van der Waals surface area (Å²) in [6.45, 7) is 3.63. The van der Waals surface area contributed by atoms with Gasteiger partial charge < -0.3 is 16.0 Å². The van der Waals surface area contributed by atoms with Gasteiger partial charge in [0.1, 0.15) is 5.82 Å². The number of hydrogen-bond donors (Lipinski definition) is 2. The maximum Gasteiger partial charge on any atom is 0.222 e. The van der Waals surface area contributed by atoms with Crippen LogP contribution >= 0.6 is 0 Å². The van der Waals surface area contributed by atoms with Gasteiger partial charge in [0.15, 0.2) is 0 Å². The minimum Gasteiger partial charge on any atom is -0.368 e. The number of nitrogens with zero attached hydrogens (tertiary/aromatic N) is 3. The van der Waals surface area contributed by atoms with E-state index in [9.17, 15) is 0 Å². The fourth-order valence-corrected chi connectivity index (χ4v) is 4.81. The van der Waals surface area contributed by atoms with E-state index in [4.69, 9.17) is 5.73 Å². The van der Waals surface area contributed by atoms with Crippen LogP contribution in [0, 0.1) is 5.92 Å². The van der Waals surface area contributed by atoms with E-state index in [1.807, 2.05) is 0 Å². The van der Waals surface area contributed by atoms with Gasteiger partial charge in [-0.05, 0) is 56.7 Å². The molecule has 4 aliphatic rings. The summed E-state index contributed by atoms with van der Waals surface area (Å²) in [5.41, 5.74) is 11.0. The first-order valence-electron chi connectivity index (χ1n) is 9.51. The van der Waals surface area contributed by atoms with Crippen molar-refractivity contribution in [3.8, 4) is 11.3 Å². The average Bonchev–Trinajstić information content (AvgIpc) is 2.82. The van der Waals surface area contributed by atoms with Gasteiger partial charge in [0, 0.05) is 23.7 Å². The van der Waals surface area contributed by atoms with E-state index in [1.54, 1.807) is 0 Å². The summed E-state index contributed by atoms with van der Waals surface area (Å²) in [6, 6.07) is 9.07. The van der Waals surface area contributed by atoms with Crippen molar-refractivity contribution in [2.45, 2.75) is 38.1 Å².